The number of carbonyl (C=O) groups is 2. The molecule has 0 unspecified atom stereocenters. The Bertz CT molecular complexity index is 1410. The summed E-state index contributed by atoms with van der Waals surface area (Å²) in [6, 6.07) is 15.1. The zero-order valence-electron chi connectivity index (χ0n) is 18.7. The lowest BCUT2D eigenvalue weighted by atomic mass is 9.96. The van der Waals surface area contributed by atoms with Gasteiger partial charge in [-0.1, -0.05) is 43.5 Å². The van der Waals surface area contributed by atoms with Crippen molar-refractivity contribution in [1.29, 1.82) is 0 Å². The van der Waals surface area contributed by atoms with Gasteiger partial charge in [0.25, 0.3) is 0 Å². The number of aryl methyl sites for hydroxylation is 2. The van der Waals surface area contributed by atoms with Gasteiger partial charge in [0.15, 0.2) is 11.3 Å². The normalized spacial score (nSPS) is 10.9. The molecule has 0 N–H and O–H groups in total. The third-order valence-electron chi connectivity index (χ3n) is 5.62. The summed E-state index contributed by atoms with van der Waals surface area (Å²) in [5.41, 5.74) is 4.59. The van der Waals surface area contributed by atoms with Crippen molar-refractivity contribution in [2.45, 2.75) is 19.8 Å². The Balaban J connectivity index is 1.60. The first kappa shape index (κ1) is 23.0. The molecule has 0 saturated heterocycles. The van der Waals surface area contributed by atoms with Crippen LogP contribution in [0.2, 0.25) is 0 Å². The molecule has 34 heavy (non-hydrogen) atoms. The Morgan fingerprint density at radius 3 is 2.32 bits per heavy atom. The second-order valence-electron chi connectivity index (χ2n) is 7.77. The largest absolute Gasteiger partial charge is 0.463 e. The van der Waals surface area contributed by atoms with Gasteiger partial charge >= 0.3 is 11.9 Å². The summed E-state index contributed by atoms with van der Waals surface area (Å²) in [6.07, 6.45) is 3.63. The van der Waals surface area contributed by atoms with Gasteiger partial charge in [-0.3, -0.25) is 0 Å². The van der Waals surface area contributed by atoms with E-state index in [1.54, 1.807) is 6.07 Å². The topological polar surface area (TPSA) is 65.7 Å². The molecular formula is C28H23FO5. The summed E-state index contributed by atoms with van der Waals surface area (Å²) >= 11 is 0. The molecule has 1 aromatic heterocycles. The molecule has 6 heteroatoms. The van der Waals surface area contributed by atoms with Crippen LogP contribution in [0.25, 0.3) is 33.1 Å². The first-order valence-corrected chi connectivity index (χ1v) is 10.8. The molecular weight excluding hydrogens is 435 g/mol. The maximum atomic E-state index is 15.0. The van der Waals surface area contributed by atoms with Crippen LogP contribution in [0.15, 0.2) is 78.3 Å². The van der Waals surface area contributed by atoms with Gasteiger partial charge in [0.1, 0.15) is 5.58 Å². The van der Waals surface area contributed by atoms with Gasteiger partial charge in [-0.25, -0.2) is 9.59 Å². The fourth-order valence-electron chi connectivity index (χ4n) is 3.89. The number of hydrogen-bond acceptors (Lipinski definition) is 5. The number of furan rings is 1. The maximum Gasteiger partial charge on any atom is 0.335 e. The summed E-state index contributed by atoms with van der Waals surface area (Å²) in [5, 5.41) is 1.38. The fraction of sp³-hybridized carbons (Fsp3) is 0.143. The highest BCUT2D eigenvalue weighted by Crippen LogP contribution is 2.38. The van der Waals surface area contributed by atoms with Crippen molar-refractivity contribution in [3.05, 3.63) is 90.8 Å². The molecule has 0 aliphatic rings. The van der Waals surface area contributed by atoms with Crippen LogP contribution in [0.5, 0.6) is 5.75 Å². The number of ether oxygens (including phenoxy) is 2. The van der Waals surface area contributed by atoms with Crippen LogP contribution in [-0.2, 0) is 20.7 Å². The molecule has 0 atom stereocenters. The number of hydrogen-bond donors (Lipinski definition) is 0. The van der Waals surface area contributed by atoms with Crippen molar-refractivity contribution >= 4 is 33.9 Å². The van der Waals surface area contributed by atoms with Crippen LogP contribution in [0.4, 0.5) is 4.39 Å². The fourth-order valence-corrected chi connectivity index (χ4v) is 3.89. The second kappa shape index (κ2) is 9.75. The van der Waals surface area contributed by atoms with Crippen LogP contribution in [-0.4, -0.2) is 18.5 Å². The molecule has 0 saturated carbocycles. The molecule has 0 amide bonds. The Kier molecular flexibility index (Phi) is 6.59. The van der Waals surface area contributed by atoms with Crippen molar-refractivity contribution in [1.82, 2.24) is 0 Å². The molecule has 4 rings (SSSR count). The van der Waals surface area contributed by atoms with E-state index >= 15 is 0 Å². The predicted octanol–water partition coefficient (Wildman–Crippen LogP) is 6.45. The maximum absolute atomic E-state index is 15.0. The van der Waals surface area contributed by atoms with E-state index < -0.39 is 17.8 Å². The summed E-state index contributed by atoms with van der Waals surface area (Å²) < 4.78 is 30.8. The minimum atomic E-state index is -0.742. The number of halogens is 1. The first-order valence-electron chi connectivity index (χ1n) is 10.8. The highest BCUT2D eigenvalue weighted by Gasteiger charge is 2.19. The highest BCUT2D eigenvalue weighted by molar-refractivity contribution is 6.08. The van der Waals surface area contributed by atoms with E-state index in [0.29, 0.717) is 17.6 Å². The van der Waals surface area contributed by atoms with Crippen LogP contribution in [0, 0.1) is 12.7 Å². The van der Waals surface area contributed by atoms with Gasteiger partial charge < -0.3 is 13.9 Å². The number of rotatable bonds is 8. The Morgan fingerprint density at radius 2 is 1.62 bits per heavy atom. The van der Waals surface area contributed by atoms with E-state index in [1.165, 1.54) is 6.07 Å². The SMILES string of the molecule is C=CC(=O)OCCCc1ccc(-c2ccc3c(oc4c(F)c(OC(=O)C=C)ccc43)c2C)cc1. The van der Waals surface area contributed by atoms with Crippen molar-refractivity contribution in [2.75, 3.05) is 6.61 Å². The molecule has 5 nitrogen and oxygen atoms in total. The van der Waals surface area contributed by atoms with Crippen LogP contribution in [0.3, 0.4) is 0 Å². The number of carbonyl (C=O) groups excluding carboxylic acids is 2. The van der Waals surface area contributed by atoms with Crippen LogP contribution in [0.1, 0.15) is 17.5 Å². The molecule has 1 heterocycles. The third kappa shape index (κ3) is 4.48. The molecule has 0 radical (unpaired) electrons. The van der Waals surface area contributed by atoms with Crippen molar-refractivity contribution < 1.29 is 27.9 Å². The minimum absolute atomic E-state index is 0.0390. The standard InChI is InChI=1S/C28H23FO5/c1-4-24(30)32-16-6-7-18-8-10-19(11-9-18)20-12-13-21-22-14-15-23(33-25(31)5-2)26(29)28(22)34-27(21)17(20)3/h4-5,8-15H,1-2,6-7,16H2,3H3. The van der Waals surface area contributed by atoms with Crippen molar-refractivity contribution in [3.63, 3.8) is 0 Å². The third-order valence-corrected chi connectivity index (χ3v) is 5.62. The quantitative estimate of drug-likeness (QED) is 0.131. The van der Waals surface area contributed by atoms with Gasteiger partial charge in [0.05, 0.1) is 6.61 Å². The number of benzene rings is 3. The van der Waals surface area contributed by atoms with E-state index in [2.05, 4.69) is 13.2 Å². The molecule has 3 aromatic carbocycles. The average molecular weight is 458 g/mol. The van der Waals surface area contributed by atoms with Crippen molar-refractivity contribution in [2.24, 2.45) is 0 Å². The summed E-state index contributed by atoms with van der Waals surface area (Å²) in [6.45, 7) is 8.98. The van der Waals surface area contributed by atoms with E-state index in [0.717, 1.165) is 52.6 Å². The van der Waals surface area contributed by atoms with Gasteiger partial charge in [0, 0.05) is 28.5 Å². The van der Waals surface area contributed by atoms with E-state index in [-0.39, 0.29) is 11.3 Å². The molecule has 172 valence electrons. The minimum Gasteiger partial charge on any atom is -0.463 e. The lowest BCUT2D eigenvalue weighted by Gasteiger charge is -2.08. The smallest absolute Gasteiger partial charge is 0.335 e. The Hall–Kier alpha value is -4.19. The van der Waals surface area contributed by atoms with Gasteiger partial charge in [-0.05, 0) is 54.7 Å². The second-order valence-corrected chi connectivity index (χ2v) is 7.77. The number of esters is 2. The summed E-state index contributed by atoms with van der Waals surface area (Å²) in [5.74, 6) is -2.09. The number of fused-ring (bicyclic) bond motifs is 3. The molecule has 0 fully saturated rings. The predicted molar refractivity (Wildman–Crippen MR) is 129 cm³/mol. The van der Waals surface area contributed by atoms with Crippen LogP contribution < -0.4 is 4.74 Å². The molecule has 4 aromatic rings. The Morgan fingerprint density at radius 1 is 0.941 bits per heavy atom. The first-order chi connectivity index (χ1) is 16.4. The molecule has 0 aliphatic carbocycles. The molecule has 0 aliphatic heterocycles. The van der Waals surface area contributed by atoms with E-state index in [9.17, 15) is 14.0 Å². The lowest BCUT2D eigenvalue weighted by Crippen LogP contribution is -2.04. The van der Waals surface area contributed by atoms with E-state index in [4.69, 9.17) is 13.9 Å². The van der Waals surface area contributed by atoms with Gasteiger partial charge in [0.2, 0.25) is 5.82 Å². The van der Waals surface area contributed by atoms with Gasteiger partial charge in [-0.15, -0.1) is 0 Å². The average Bonchev–Trinajstić information content (AvgIpc) is 3.24. The van der Waals surface area contributed by atoms with Crippen LogP contribution >= 0.6 is 0 Å². The molecule has 0 spiro atoms. The zero-order chi connectivity index (χ0) is 24.2. The summed E-state index contributed by atoms with van der Waals surface area (Å²) in [7, 11) is 0. The van der Waals surface area contributed by atoms with Gasteiger partial charge in [-0.2, -0.15) is 4.39 Å². The van der Waals surface area contributed by atoms with Crippen molar-refractivity contribution in [3.8, 4) is 16.9 Å². The summed E-state index contributed by atoms with van der Waals surface area (Å²) in [4.78, 5) is 22.6. The monoisotopic (exact) mass is 458 g/mol. The zero-order valence-corrected chi connectivity index (χ0v) is 18.7. The van der Waals surface area contributed by atoms with E-state index in [1.807, 2.05) is 43.3 Å². The molecule has 0 bridgehead atoms. The highest BCUT2D eigenvalue weighted by atomic mass is 19.1. The lowest BCUT2D eigenvalue weighted by molar-refractivity contribution is -0.137. The Labute approximate surface area is 196 Å².